The van der Waals surface area contributed by atoms with Crippen molar-refractivity contribution in [1.82, 2.24) is 0 Å². The van der Waals surface area contributed by atoms with Crippen LogP contribution in [-0.4, -0.2) is 11.8 Å². The minimum absolute atomic E-state index is 0.198. The van der Waals surface area contributed by atoms with Crippen molar-refractivity contribution in [1.29, 1.82) is 0 Å². The first-order valence-corrected chi connectivity index (χ1v) is 8.86. The van der Waals surface area contributed by atoms with Gasteiger partial charge < -0.3 is 10.6 Å². The monoisotopic (exact) mass is 338 g/mol. The lowest BCUT2D eigenvalue weighted by Gasteiger charge is -2.14. The van der Waals surface area contributed by atoms with Crippen LogP contribution in [0.25, 0.3) is 0 Å². The number of hydrogen-bond donors (Lipinski definition) is 2. The topological polar surface area (TPSA) is 58.2 Å². The van der Waals surface area contributed by atoms with Crippen LogP contribution >= 0.6 is 0 Å². The Bertz CT molecular complexity index is 714. The minimum Gasteiger partial charge on any atom is -0.326 e. The maximum absolute atomic E-state index is 12.3. The lowest BCUT2D eigenvalue weighted by atomic mass is 10.0. The Morgan fingerprint density at radius 2 is 1.32 bits per heavy atom. The molecule has 0 aromatic heterocycles. The van der Waals surface area contributed by atoms with Gasteiger partial charge in [0.15, 0.2) is 0 Å². The summed E-state index contributed by atoms with van der Waals surface area (Å²) in [5.41, 5.74) is 4.93. The van der Waals surface area contributed by atoms with E-state index in [9.17, 15) is 9.59 Å². The summed E-state index contributed by atoms with van der Waals surface area (Å²) in [6.45, 7) is 6.19. The highest BCUT2D eigenvalue weighted by molar-refractivity contribution is 6.08. The molecule has 0 heterocycles. The first-order valence-electron chi connectivity index (χ1n) is 8.86. The van der Waals surface area contributed by atoms with E-state index in [4.69, 9.17) is 0 Å². The molecule has 0 aliphatic rings. The van der Waals surface area contributed by atoms with Crippen molar-refractivity contribution in [2.24, 2.45) is 0 Å². The molecule has 0 aliphatic heterocycles. The van der Waals surface area contributed by atoms with Crippen molar-refractivity contribution in [3.05, 3.63) is 59.2 Å². The number of benzene rings is 2. The van der Waals surface area contributed by atoms with E-state index < -0.39 is 0 Å². The van der Waals surface area contributed by atoms with Gasteiger partial charge in [-0.25, -0.2) is 0 Å². The molecule has 2 aromatic carbocycles. The normalized spacial score (nSPS) is 10.4. The number of para-hydroxylation sites is 1. The fraction of sp³-hybridized carbons (Fsp3) is 0.333. The average Bonchev–Trinajstić information content (AvgIpc) is 2.62. The Balaban J connectivity index is 1.99. The molecule has 4 nitrogen and oxygen atoms in total. The summed E-state index contributed by atoms with van der Waals surface area (Å²) in [6.07, 6.45) is 2.42. The highest BCUT2D eigenvalue weighted by Gasteiger charge is 2.13. The zero-order valence-corrected chi connectivity index (χ0v) is 15.2. The molecule has 0 fully saturated rings. The van der Waals surface area contributed by atoms with Gasteiger partial charge in [0.2, 0.25) is 11.8 Å². The van der Waals surface area contributed by atoms with Crippen molar-refractivity contribution in [2.45, 2.75) is 46.5 Å². The number of rotatable bonds is 7. The van der Waals surface area contributed by atoms with Gasteiger partial charge in [-0.2, -0.15) is 0 Å². The number of hydrogen-bond acceptors (Lipinski definition) is 2. The molecule has 0 aliphatic carbocycles. The van der Waals surface area contributed by atoms with Crippen molar-refractivity contribution < 1.29 is 9.59 Å². The highest BCUT2D eigenvalue weighted by Crippen LogP contribution is 2.22. The minimum atomic E-state index is -0.311. The third-order valence-electron chi connectivity index (χ3n) is 4.23. The zero-order valence-electron chi connectivity index (χ0n) is 15.2. The smallest absolute Gasteiger partial charge is 0.233 e. The number of aryl methyl sites for hydroxylation is 3. The Labute approximate surface area is 149 Å². The molecular weight excluding hydrogens is 312 g/mol. The van der Waals surface area contributed by atoms with Crippen LogP contribution in [0.15, 0.2) is 42.5 Å². The van der Waals surface area contributed by atoms with Gasteiger partial charge in [-0.1, -0.05) is 51.1 Å². The van der Waals surface area contributed by atoms with Gasteiger partial charge in [-0.05, 0) is 48.1 Å². The predicted octanol–water partition coefficient (Wildman–Crippen LogP) is 4.34. The number of nitrogens with one attached hydrogen (secondary N) is 2. The zero-order chi connectivity index (χ0) is 18.2. The van der Waals surface area contributed by atoms with Crippen molar-refractivity contribution in [3.63, 3.8) is 0 Å². The fourth-order valence-electron chi connectivity index (χ4n) is 2.76. The van der Waals surface area contributed by atoms with Crippen molar-refractivity contribution in [2.75, 3.05) is 10.6 Å². The summed E-state index contributed by atoms with van der Waals surface area (Å²) in [7, 11) is 0. The quantitative estimate of drug-likeness (QED) is 0.738. The summed E-state index contributed by atoms with van der Waals surface area (Å²) in [5, 5.41) is 5.68. The molecular formula is C21H26N2O2. The Morgan fingerprint density at radius 3 is 1.84 bits per heavy atom. The van der Waals surface area contributed by atoms with Crippen LogP contribution in [0.3, 0.4) is 0 Å². The van der Waals surface area contributed by atoms with Crippen LogP contribution in [0.5, 0.6) is 0 Å². The standard InChI is InChI=1S/C21H26N2O2/c1-4-15-10-12-18(13-11-15)22-19(24)14-20(25)23-21-16(5-2)8-7-9-17(21)6-3/h7-13H,4-6,14H2,1-3H3,(H,22,24)(H,23,25). The Hall–Kier alpha value is -2.62. The predicted molar refractivity (Wildman–Crippen MR) is 103 cm³/mol. The molecule has 0 atom stereocenters. The summed E-state index contributed by atoms with van der Waals surface area (Å²) < 4.78 is 0. The molecule has 25 heavy (non-hydrogen) atoms. The summed E-state index contributed by atoms with van der Waals surface area (Å²) >= 11 is 0. The van der Waals surface area contributed by atoms with Crippen LogP contribution in [0, 0.1) is 0 Å². The third kappa shape index (κ3) is 5.18. The molecule has 0 saturated heterocycles. The van der Waals surface area contributed by atoms with Crippen LogP contribution in [0.2, 0.25) is 0 Å². The Kier molecular flexibility index (Phi) is 6.75. The average molecular weight is 338 g/mol. The van der Waals surface area contributed by atoms with Gasteiger partial charge in [0, 0.05) is 11.4 Å². The number of anilines is 2. The molecule has 4 heteroatoms. The van der Waals surface area contributed by atoms with Crippen LogP contribution < -0.4 is 10.6 Å². The van der Waals surface area contributed by atoms with Crippen LogP contribution in [-0.2, 0) is 28.9 Å². The second-order valence-corrected chi connectivity index (χ2v) is 5.98. The lowest BCUT2D eigenvalue weighted by Crippen LogP contribution is -2.22. The summed E-state index contributed by atoms with van der Waals surface area (Å²) in [5.74, 6) is -0.605. The van der Waals surface area contributed by atoms with E-state index in [0.29, 0.717) is 5.69 Å². The molecule has 132 valence electrons. The van der Waals surface area contributed by atoms with E-state index in [0.717, 1.165) is 36.1 Å². The van der Waals surface area contributed by atoms with Gasteiger partial charge >= 0.3 is 0 Å². The third-order valence-corrected chi connectivity index (χ3v) is 4.23. The Morgan fingerprint density at radius 1 is 0.760 bits per heavy atom. The highest BCUT2D eigenvalue weighted by atomic mass is 16.2. The van der Waals surface area contributed by atoms with E-state index in [-0.39, 0.29) is 18.2 Å². The maximum Gasteiger partial charge on any atom is 0.233 e. The summed E-state index contributed by atoms with van der Waals surface area (Å²) in [6, 6.07) is 13.7. The molecule has 0 radical (unpaired) electrons. The van der Waals surface area contributed by atoms with Gasteiger partial charge in [0.05, 0.1) is 0 Å². The molecule has 0 bridgehead atoms. The maximum atomic E-state index is 12.3. The van der Waals surface area contributed by atoms with Gasteiger partial charge in [-0.15, -0.1) is 0 Å². The van der Waals surface area contributed by atoms with Crippen LogP contribution in [0.1, 0.15) is 43.9 Å². The molecule has 2 N–H and O–H groups in total. The van der Waals surface area contributed by atoms with Crippen LogP contribution in [0.4, 0.5) is 11.4 Å². The van der Waals surface area contributed by atoms with Gasteiger partial charge in [0.25, 0.3) is 0 Å². The van der Waals surface area contributed by atoms with Crippen molar-refractivity contribution in [3.8, 4) is 0 Å². The lowest BCUT2D eigenvalue weighted by molar-refractivity contribution is -0.123. The SMILES string of the molecule is CCc1ccc(NC(=O)CC(=O)Nc2c(CC)cccc2CC)cc1. The van der Waals surface area contributed by atoms with E-state index >= 15 is 0 Å². The first-order chi connectivity index (χ1) is 12.1. The summed E-state index contributed by atoms with van der Waals surface area (Å²) in [4.78, 5) is 24.4. The van der Waals surface area contributed by atoms with Crippen molar-refractivity contribution >= 4 is 23.2 Å². The van der Waals surface area contributed by atoms with Gasteiger partial charge in [0.1, 0.15) is 6.42 Å². The molecule has 0 unspecified atom stereocenters. The second-order valence-electron chi connectivity index (χ2n) is 5.98. The van der Waals surface area contributed by atoms with E-state index in [1.54, 1.807) is 0 Å². The largest absolute Gasteiger partial charge is 0.326 e. The van der Waals surface area contributed by atoms with E-state index in [1.165, 1.54) is 5.56 Å². The first kappa shape index (κ1) is 18.7. The number of carbonyl (C=O) groups is 2. The van der Waals surface area contributed by atoms with Gasteiger partial charge in [-0.3, -0.25) is 9.59 Å². The second kappa shape index (κ2) is 9.02. The molecule has 2 amide bonds. The molecule has 0 spiro atoms. The van der Waals surface area contributed by atoms with E-state index in [2.05, 4.69) is 31.4 Å². The fourth-order valence-corrected chi connectivity index (χ4v) is 2.76. The number of carbonyl (C=O) groups excluding carboxylic acids is 2. The molecule has 2 aromatic rings. The number of amides is 2. The molecule has 2 rings (SSSR count). The molecule has 0 saturated carbocycles. The van der Waals surface area contributed by atoms with E-state index in [1.807, 2.05) is 42.5 Å².